The molecule has 0 aliphatic heterocycles. The first-order chi connectivity index (χ1) is 9.47. The average Bonchev–Trinajstić information content (AvgIpc) is 2.39. The minimum Gasteiger partial charge on any atom is -0.478 e. The number of aromatic carboxylic acids is 1. The Morgan fingerprint density at radius 3 is 2.50 bits per heavy atom. The maximum absolute atomic E-state index is 10.7. The van der Waals surface area contributed by atoms with Crippen molar-refractivity contribution < 1.29 is 14.8 Å². The van der Waals surface area contributed by atoms with E-state index in [-0.39, 0.29) is 17.1 Å². The summed E-state index contributed by atoms with van der Waals surface area (Å²) in [6.45, 7) is 0. The van der Waals surface area contributed by atoms with E-state index in [0.717, 1.165) is 11.8 Å². The van der Waals surface area contributed by atoms with Crippen LogP contribution in [-0.2, 0) is 0 Å². The molecule has 0 fully saturated rings. The second-order valence-corrected chi connectivity index (χ2v) is 4.64. The Kier molecular flexibility index (Phi) is 3.80. The number of carbonyl (C=O) groups is 1. The Bertz CT molecular complexity index is 675. The predicted molar refractivity (Wildman–Crippen MR) is 70.6 cm³/mol. The highest BCUT2D eigenvalue weighted by Crippen LogP contribution is 2.28. The van der Waals surface area contributed by atoms with Crippen LogP contribution in [0, 0.1) is 10.1 Å². The molecule has 0 unspecified atom stereocenters. The molecule has 0 amide bonds. The molecule has 0 atom stereocenters. The second-order valence-electron chi connectivity index (χ2n) is 3.60. The number of aromatic nitrogens is 2. The molecule has 20 heavy (non-hydrogen) atoms. The fraction of sp³-hybridized carbons (Fsp3) is 0. The van der Waals surface area contributed by atoms with E-state index in [4.69, 9.17) is 10.8 Å². The highest BCUT2D eigenvalue weighted by Gasteiger charge is 2.13. The van der Waals surface area contributed by atoms with Gasteiger partial charge in [-0.05, 0) is 18.2 Å². The van der Waals surface area contributed by atoms with E-state index in [0.29, 0.717) is 10.1 Å². The molecule has 2 heterocycles. The highest BCUT2D eigenvalue weighted by molar-refractivity contribution is 7.99. The van der Waals surface area contributed by atoms with E-state index < -0.39 is 10.9 Å². The van der Waals surface area contributed by atoms with Gasteiger partial charge in [0.15, 0.2) is 0 Å². The number of hydrogen-bond acceptors (Lipinski definition) is 7. The summed E-state index contributed by atoms with van der Waals surface area (Å²) in [4.78, 5) is 28.5. The van der Waals surface area contributed by atoms with E-state index in [1.54, 1.807) is 0 Å². The second kappa shape index (κ2) is 5.53. The van der Waals surface area contributed by atoms with E-state index in [1.807, 2.05) is 0 Å². The van der Waals surface area contributed by atoms with Gasteiger partial charge in [0.05, 0.1) is 10.5 Å². The number of carboxylic acid groups (broad SMARTS) is 1. The number of nitrogens with two attached hydrogens (primary N) is 1. The van der Waals surface area contributed by atoms with Crippen molar-refractivity contribution in [3.63, 3.8) is 0 Å². The van der Waals surface area contributed by atoms with E-state index in [2.05, 4.69) is 9.97 Å². The highest BCUT2D eigenvalue weighted by atomic mass is 32.2. The van der Waals surface area contributed by atoms with Crippen LogP contribution in [0.3, 0.4) is 0 Å². The van der Waals surface area contributed by atoms with Gasteiger partial charge in [0.25, 0.3) is 0 Å². The van der Waals surface area contributed by atoms with Crippen LogP contribution in [0.25, 0.3) is 0 Å². The van der Waals surface area contributed by atoms with Crippen LogP contribution in [-0.4, -0.2) is 26.0 Å². The molecular weight excluding hydrogens is 284 g/mol. The van der Waals surface area contributed by atoms with Crippen molar-refractivity contribution in [3.8, 4) is 0 Å². The molecule has 0 radical (unpaired) electrons. The minimum absolute atomic E-state index is 0.0746. The van der Waals surface area contributed by atoms with Gasteiger partial charge in [-0.2, -0.15) is 0 Å². The van der Waals surface area contributed by atoms with Crippen LogP contribution in [0.2, 0.25) is 0 Å². The van der Waals surface area contributed by atoms with Gasteiger partial charge in [0.2, 0.25) is 5.82 Å². The number of nitrogen functional groups attached to an aromatic ring is 1. The molecule has 0 bridgehead atoms. The van der Waals surface area contributed by atoms with Crippen LogP contribution in [0.15, 0.2) is 40.5 Å². The molecule has 0 spiro atoms. The number of hydrogen-bond donors (Lipinski definition) is 2. The first kappa shape index (κ1) is 13.7. The van der Waals surface area contributed by atoms with Crippen molar-refractivity contribution in [1.82, 2.24) is 9.97 Å². The minimum atomic E-state index is -1.06. The number of nitrogens with zero attached hydrogens (tertiary/aromatic N) is 3. The van der Waals surface area contributed by atoms with Gasteiger partial charge in [-0.3, -0.25) is 10.1 Å². The molecule has 0 aliphatic rings. The third-order valence-electron chi connectivity index (χ3n) is 2.27. The third kappa shape index (κ3) is 3.01. The van der Waals surface area contributed by atoms with Gasteiger partial charge in [-0.1, -0.05) is 11.8 Å². The smallest absolute Gasteiger partial charge is 0.337 e. The van der Waals surface area contributed by atoms with E-state index >= 15 is 0 Å². The molecule has 0 aromatic carbocycles. The Hall–Kier alpha value is -2.68. The molecule has 0 saturated heterocycles. The Morgan fingerprint density at radius 2 is 2.00 bits per heavy atom. The maximum atomic E-state index is 10.7. The predicted octanol–water partition coefficient (Wildman–Crippen LogP) is 1.82. The van der Waals surface area contributed by atoms with Crippen molar-refractivity contribution in [2.45, 2.75) is 10.1 Å². The van der Waals surface area contributed by atoms with Crippen molar-refractivity contribution in [1.29, 1.82) is 0 Å². The monoisotopic (exact) mass is 292 g/mol. The third-order valence-corrected chi connectivity index (χ3v) is 3.15. The summed E-state index contributed by atoms with van der Waals surface area (Å²) in [6.07, 6.45) is 1.22. The Morgan fingerprint density at radius 1 is 1.30 bits per heavy atom. The first-order valence-electron chi connectivity index (χ1n) is 5.25. The van der Waals surface area contributed by atoms with Crippen molar-refractivity contribution in [2.75, 3.05) is 5.73 Å². The molecule has 3 N–H and O–H groups in total. The summed E-state index contributed by atoms with van der Waals surface area (Å²) in [6, 6.07) is 5.64. The zero-order valence-electron chi connectivity index (χ0n) is 9.89. The number of anilines is 1. The molecule has 9 heteroatoms. The van der Waals surface area contributed by atoms with Crippen LogP contribution >= 0.6 is 11.8 Å². The van der Waals surface area contributed by atoms with E-state index in [9.17, 15) is 14.9 Å². The lowest BCUT2D eigenvalue weighted by Gasteiger charge is -2.02. The summed E-state index contributed by atoms with van der Waals surface area (Å²) in [5.74, 6) is -1.24. The van der Waals surface area contributed by atoms with Crippen molar-refractivity contribution >= 4 is 29.2 Å². The fourth-order valence-corrected chi connectivity index (χ4v) is 2.07. The zero-order chi connectivity index (χ0) is 14.7. The summed E-state index contributed by atoms with van der Waals surface area (Å²) in [5.41, 5.74) is 5.29. The standard InChI is InChI=1S/C11H8N4O4S/c12-10-7(15(18)19)2-4-9(14-10)20-8-3-1-6(5-13-8)11(16)17/h1-5H,(H2,12,14)(H,16,17). The molecule has 2 aromatic heterocycles. The zero-order valence-corrected chi connectivity index (χ0v) is 10.7. The topological polar surface area (TPSA) is 132 Å². The lowest BCUT2D eigenvalue weighted by Crippen LogP contribution is -1.99. The molecule has 8 nitrogen and oxygen atoms in total. The summed E-state index contributed by atoms with van der Waals surface area (Å²) in [5, 5.41) is 20.3. The van der Waals surface area contributed by atoms with Crippen molar-refractivity contribution in [2.24, 2.45) is 0 Å². The lowest BCUT2D eigenvalue weighted by molar-refractivity contribution is -0.384. The number of pyridine rings is 2. The van der Waals surface area contributed by atoms with Gasteiger partial charge in [-0.25, -0.2) is 14.8 Å². The SMILES string of the molecule is Nc1nc(Sc2ccc(C(=O)O)cn2)ccc1[N+](=O)[O-]. The summed E-state index contributed by atoms with van der Waals surface area (Å²) < 4.78 is 0. The van der Waals surface area contributed by atoms with E-state index in [1.165, 1.54) is 30.5 Å². The lowest BCUT2D eigenvalue weighted by atomic mass is 10.3. The summed E-state index contributed by atoms with van der Waals surface area (Å²) in [7, 11) is 0. The molecule has 2 rings (SSSR count). The molecule has 0 aliphatic carbocycles. The normalized spacial score (nSPS) is 10.2. The first-order valence-corrected chi connectivity index (χ1v) is 6.07. The van der Waals surface area contributed by atoms with Gasteiger partial charge in [0.1, 0.15) is 10.1 Å². The van der Waals surface area contributed by atoms with Crippen LogP contribution < -0.4 is 5.73 Å². The number of nitro groups is 1. The van der Waals surface area contributed by atoms with Gasteiger partial charge >= 0.3 is 11.7 Å². The van der Waals surface area contributed by atoms with Gasteiger partial charge in [0, 0.05) is 12.3 Å². The largest absolute Gasteiger partial charge is 0.478 e. The summed E-state index contributed by atoms with van der Waals surface area (Å²) >= 11 is 1.12. The average molecular weight is 292 g/mol. The Labute approximate surface area is 116 Å². The van der Waals surface area contributed by atoms with Crippen LogP contribution in [0.1, 0.15) is 10.4 Å². The molecule has 0 saturated carbocycles. The molecule has 102 valence electrons. The van der Waals surface area contributed by atoms with Crippen LogP contribution in [0.4, 0.5) is 11.5 Å². The van der Waals surface area contributed by atoms with Gasteiger partial charge in [-0.15, -0.1) is 0 Å². The van der Waals surface area contributed by atoms with Crippen LogP contribution in [0.5, 0.6) is 0 Å². The maximum Gasteiger partial charge on any atom is 0.337 e. The Balaban J connectivity index is 2.19. The molecule has 2 aromatic rings. The van der Waals surface area contributed by atoms with Crippen molar-refractivity contribution in [3.05, 3.63) is 46.1 Å². The molecular formula is C11H8N4O4S. The fourth-order valence-electron chi connectivity index (χ4n) is 1.33. The van der Waals surface area contributed by atoms with Gasteiger partial charge < -0.3 is 10.8 Å². The quantitative estimate of drug-likeness (QED) is 0.644. The number of carboxylic acids is 1. The number of rotatable bonds is 4.